The normalized spacial score (nSPS) is 11.9. The number of anilines is 1. The molecule has 3 aromatic carbocycles. The molecule has 12 nitrogen and oxygen atoms in total. The van der Waals surface area contributed by atoms with Gasteiger partial charge in [0.1, 0.15) is 17.7 Å². The van der Waals surface area contributed by atoms with E-state index in [0.717, 1.165) is 0 Å². The number of nitrogens with zero attached hydrogens (tertiary/aromatic N) is 5. The van der Waals surface area contributed by atoms with Gasteiger partial charge in [-0.05, 0) is 47.8 Å². The van der Waals surface area contributed by atoms with Gasteiger partial charge >= 0.3 is 7.12 Å². The van der Waals surface area contributed by atoms with Gasteiger partial charge in [0.05, 0.1) is 29.0 Å². The van der Waals surface area contributed by atoms with Gasteiger partial charge in [-0.2, -0.15) is 0 Å². The molecule has 1 unspecified atom stereocenters. The fraction of sp³-hybridized carbons (Fsp3) is 0.133. The first-order chi connectivity index (χ1) is 20.9. The summed E-state index contributed by atoms with van der Waals surface area (Å²) in [6.45, 7) is 2.05. The lowest BCUT2D eigenvalue weighted by Gasteiger charge is -2.22. The second-order valence-corrected chi connectivity index (χ2v) is 9.87. The number of aromatic amines is 1. The zero-order chi connectivity index (χ0) is 29.9. The Morgan fingerprint density at radius 1 is 1.02 bits per heavy atom. The van der Waals surface area contributed by atoms with Crippen molar-refractivity contribution in [3.8, 4) is 5.69 Å². The summed E-state index contributed by atoms with van der Waals surface area (Å²) in [4.78, 5) is 48.2. The fourth-order valence-electron chi connectivity index (χ4n) is 5.03. The SMILES string of the molecule is CCC(Nc1ncnc2[nH]cnc12)c1nc2cccc(CNC(=O)c3cccc(B(O)O)c3)c2c(=O)n1-c1ccccc1. The molecule has 0 bridgehead atoms. The van der Waals surface area contributed by atoms with Gasteiger partial charge in [-0.15, -0.1) is 0 Å². The van der Waals surface area contributed by atoms with Crippen LogP contribution in [-0.4, -0.2) is 52.6 Å². The van der Waals surface area contributed by atoms with E-state index in [9.17, 15) is 19.6 Å². The minimum atomic E-state index is -1.69. The van der Waals surface area contributed by atoms with Crippen LogP contribution in [0.3, 0.4) is 0 Å². The number of benzene rings is 3. The number of aromatic nitrogens is 6. The number of amides is 1. The van der Waals surface area contributed by atoms with Gasteiger partial charge in [0, 0.05) is 12.1 Å². The van der Waals surface area contributed by atoms with Gasteiger partial charge in [-0.25, -0.2) is 19.9 Å². The van der Waals surface area contributed by atoms with Crippen LogP contribution in [0.25, 0.3) is 27.8 Å². The van der Waals surface area contributed by atoms with Crippen LogP contribution in [0.15, 0.2) is 90.2 Å². The molecular formula is C30H27BN8O4. The predicted molar refractivity (Wildman–Crippen MR) is 163 cm³/mol. The van der Waals surface area contributed by atoms with Gasteiger partial charge in [-0.3, -0.25) is 14.2 Å². The van der Waals surface area contributed by atoms with E-state index in [2.05, 4.69) is 30.6 Å². The third kappa shape index (κ3) is 5.46. The highest BCUT2D eigenvalue weighted by Gasteiger charge is 2.23. The number of nitrogens with one attached hydrogen (secondary N) is 3. The zero-order valence-electron chi connectivity index (χ0n) is 23.1. The Bertz CT molecular complexity index is 1990. The van der Waals surface area contributed by atoms with Gasteiger partial charge in [-0.1, -0.05) is 49.4 Å². The summed E-state index contributed by atoms with van der Waals surface area (Å²) in [7, 11) is -1.69. The summed E-state index contributed by atoms with van der Waals surface area (Å²) >= 11 is 0. The van der Waals surface area contributed by atoms with Crippen LogP contribution in [0, 0.1) is 0 Å². The van der Waals surface area contributed by atoms with Crippen LogP contribution >= 0.6 is 0 Å². The Morgan fingerprint density at radius 3 is 2.63 bits per heavy atom. The highest BCUT2D eigenvalue weighted by molar-refractivity contribution is 6.58. The molecule has 0 aliphatic carbocycles. The number of carbonyl (C=O) groups excluding carboxylic acids is 1. The molecule has 0 spiro atoms. The number of hydrogen-bond acceptors (Lipinski definition) is 9. The molecule has 43 heavy (non-hydrogen) atoms. The van der Waals surface area contributed by atoms with Crippen molar-refractivity contribution in [1.82, 2.24) is 34.8 Å². The van der Waals surface area contributed by atoms with Gasteiger partial charge in [0.2, 0.25) is 0 Å². The molecule has 1 atom stereocenters. The van der Waals surface area contributed by atoms with Gasteiger partial charge in [0.25, 0.3) is 11.5 Å². The summed E-state index contributed by atoms with van der Waals surface area (Å²) < 4.78 is 1.59. The topological polar surface area (TPSA) is 171 Å². The molecule has 6 aromatic rings. The summed E-state index contributed by atoms with van der Waals surface area (Å²) in [5.74, 6) is 0.590. The Kier molecular flexibility index (Phi) is 7.64. The van der Waals surface area contributed by atoms with E-state index in [0.29, 0.717) is 51.4 Å². The molecule has 0 saturated carbocycles. The van der Waals surface area contributed by atoms with E-state index in [1.807, 2.05) is 37.3 Å². The molecule has 3 heterocycles. The maximum Gasteiger partial charge on any atom is 0.488 e. The Morgan fingerprint density at radius 2 is 1.84 bits per heavy atom. The highest BCUT2D eigenvalue weighted by atomic mass is 16.4. The molecule has 0 radical (unpaired) electrons. The third-order valence-electron chi connectivity index (χ3n) is 7.16. The van der Waals surface area contributed by atoms with E-state index in [-0.39, 0.29) is 23.1 Å². The van der Waals surface area contributed by atoms with Crippen molar-refractivity contribution in [2.24, 2.45) is 0 Å². The fourth-order valence-corrected chi connectivity index (χ4v) is 5.03. The van der Waals surface area contributed by atoms with Crippen LogP contribution in [-0.2, 0) is 6.54 Å². The smallest absolute Gasteiger partial charge is 0.423 e. The van der Waals surface area contributed by atoms with Crippen LogP contribution < -0.4 is 21.7 Å². The van der Waals surface area contributed by atoms with Crippen molar-refractivity contribution in [1.29, 1.82) is 0 Å². The zero-order valence-corrected chi connectivity index (χ0v) is 23.1. The van der Waals surface area contributed by atoms with Crippen molar-refractivity contribution < 1.29 is 14.8 Å². The van der Waals surface area contributed by atoms with E-state index in [1.54, 1.807) is 41.2 Å². The van der Waals surface area contributed by atoms with Gasteiger partial charge in [0.15, 0.2) is 11.5 Å². The largest absolute Gasteiger partial charge is 0.488 e. The average Bonchev–Trinajstić information content (AvgIpc) is 3.52. The molecule has 0 fully saturated rings. The van der Waals surface area contributed by atoms with Crippen LogP contribution in [0.5, 0.6) is 0 Å². The van der Waals surface area contributed by atoms with Crippen molar-refractivity contribution in [3.63, 3.8) is 0 Å². The number of carbonyl (C=O) groups is 1. The monoisotopic (exact) mass is 574 g/mol. The second-order valence-electron chi connectivity index (χ2n) is 9.87. The van der Waals surface area contributed by atoms with E-state index >= 15 is 0 Å². The van der Waals surface area contributed by atoms with Crippen molar-refractivity contribution in [2.45, 2.75) is 25.9 Å². The number of hydrogen-bond donors (Lipinski definition) is 5. The summed E-state index contributed by atoms with van der Waals surface area (Å²) in [6.07, 6.45) is 3.57. The average molecular weight is 574 g/mol. The van der Waals surface area contributed by atoms with Crippen LogP contribution in [0.2, 0.25) is 0 Å². The number of H-pyrrole nitrogens is 1. The number of rotatable bonds is 9. The summed E-state index contributed by atoms with van der Waals surface area (Å²) in [5, 5.41) is 25.6. The van der Waals surface area contributed by atoms with Crippen molar-refractivity contribution in [2.75, 3.05) is 5.32 Å². The van der Waals surface area contributed by atoms with E-state index in [1.165, 1.54) is 18.5 Å². The first kappa shape index (κ1) is 27.8. The molecule has 0 saturated heterocycles. The minimum Gasteiger partial charge on any atom is -0.423 e. The molecule has 1 amide bonds. The molecule has 0 aliphatic heterocycles. The lowest BCUT2D eigenvalue weighted by Crippen LogP contribution is -2.32. The third-order valence-corrected chi connectivity index (χ3v) is 7.16. The molecular weight excluding hydrogens is 547 g/mol. The number of imidazole rings is 1. The second kappa shape index (κ2) is 11.8. The Balaban J connectivity index is 1.42. The molecule has 0 aliphatic rings. The van der Waals surface area contributed by atoms with Crippen molar-refractivity contribution in [3.05, 3.63) is 113 Å². The molecule has 6 rings (SSSR count). The van der Waals surface area contributed by atoms with Crippen LogP contribution in [0.1, 0.15) is 41.1 Å². The highest BCUT2D eigenvalue weighted by Crippen LogP contribution is 2.26. The Labute approximate surface area is 245 Å². The minimum absolute atomic E-state index is 0.0562. The maximum absolute atomic E-state index is 14.3. The summed E-state index contributed by atoms with van der Waals surface area (Å²) in [6, 6.07) is 20.3. The predicted octanol–water partition coefficient (Wildman–Crippen LogP) is 2.22. The van der Waals surface area contributed by atoms with Crippen molar-refractivity contribution >= 4 is 46.4 Å². The lowest BCUT2D eigenvalue weighted by molar-refractivity contribution is 0.0951. The number of fused-ring (bicyclic) bond motifs is 2. The molecule has 3 aromatic heterocycles. The van der Waals surface area contributed by atoms with Gasteiger partial charge < -0.3 is 25.7 Å². The Hall–Kier alpha value is -5.40. The quantitative estimate of drug-likeness (QED) is 0.163. The number of para-hydroxylation sites is 1. The first-order valence-electron chi connectivity index (χ1n) is 13.7. The lowest BCUT2D eigenvalue weighted by atomic mass is 9.79. The standard InChI is InChI=1S/C30H27BN8O4/c1-2-22(37-27-25-26(34-16-33-25)35-17-36-27)28-38-23-13-7-9-19(24(23)30(41)39(28)21-11-4-3-5-12-21)15-32-29(40)18-8-6-10-20(14-18)31(42)43/h3-14,16-17,22,42-43H,2,15H2,1H3,(H,32,40)(H2,33,34,35,36,37). The molecule has 214 valence electrons. The van der Waals surface area contributed by atoms with E-state index in [4.69, 9.17) is 4.98 Å². The molecule has 5 N–H and O–H groups in total. The first-order valence-corrected chi connectivity index (χ1v) is 13.7. The van der Waals surface area contributed by atoms with E-state index < -0.39 is 19.1 Å². The molecule has 13 heteroatoms. The van der Waals surface area contributed by atoms with Crippen LogP contribution in [0.4, 0.5) is 5.82 Å². The summed E-state index contributed by atoms with van der Waals surface area (Å²) in [5.41, 5.74) is 3.06. The maximum atomic E-state index is 14.3.